The van der Waals surface area contributed by atoms with Gasteiger partial charge in [0.2, 0.25) is 0 Å². The van der Waals surface area contributed by atoms with Gasteiger partial charge in [0, 0.05) is 0 Å². The number of esters is 1. The van der Waals surface area contributed by atoms with Gasteiger partial charge in [0.05, 0.1) is 19.3 Å². The first-order chi connectivity index (χ1) is 9.83. The number of hydrogen-bond donors (Lipinski definition) is 0. The molecule has 5 nitrogen and oxygen atoms in total. The molecule has 2 aliphatic rings. The van der Waals surface area contributed by atoms with Crippen molar-refractivity contribution in [2.75, 3.05) is 13.4 Å². The first-order valence-corrected chi connectivity index (χ1v) is 6.88. The highest BCUT2D eigenvalue weighted by molar-refractivity contribution is 5.75. The molecule has 0 spiro atoms. The largest absolute Gasteiger partial charge is 0.455 e. The van der Waals surface area contributed by atoms with Crippen molar-refractivity contribution in [1.29, 1.82) is 0 Å². The predicted molar refractivity (Wildman–Crippen MR) is 69.8 cm³/mol. The van der Waals surface area contributed by atoms with Crippen molar-refractivity contribution < 1.29 is 23.7 Å². The Labute approximate surface area is 117 Å². The van der Waals surface area contributed by atoms with E-state index in [-0.39, 0.29) is 25.0 Å². The standard InChI is InChI=1S/C15H18O5/c16-15-13(18-8-11-4-2-1-3-5-11)7-6-12-14(20-15)9-17-10-19-12/h1-5,12-14H,6-10H2/t12-,13-,14+/m0/s1. The Morgan fingerprint density at radius 3 is 2.85 bits per heavy atom. The highest BCUT2D eigenvalue weighted by Crippen LogP contribution is 2.23. The summed E-state index contributed by atoms with van der Waals surface area (Å²) in [5.74, 6) is -0.317. The van der Waals surface area contributed by atoms with E-state index < -0.39 is 6.10 Å². The minimum Gasteiger partial charge on any atom is -0.455 e. The Bertz CT molecular complexity index is 447. The van der Waals surface area contributed by atoms with E-state index in [9.17, 15) is 4.79 Å². The number of carbonyl (C=O) groups is 1. The van der Waals surface area contributed by atoms with Gasteiger partial charge < -0.3 is 18.9 Å². The Kier molecular flexibility index (Phi) is 4.30. The molecule has 3 rings (SSSR count). The lowest BCUT2D eigenvalue weighted by Crippen LogP contribution is -2.40. The molecule has 0 radical (unpaired) electrons. The molecule has 2 aliphatic heterocycles. The number of carbonyl (C=O) groups excluding carboxylic acids is 1. The number of fused-ring (bicyclic) bond motifs is 1. The molecule has 1 aromatic carbocycles. The fraction of sp³-hybridized carbons (Fsp3) is 0.533. The summed E-state index contributed by atoms with van der Waals surface area (Å²) in [7, 11) is 0. The molecule has 0 bridgehead atoms. The van der Waals surface area contributed by atoms with Crippen molar-refractivity contribution in [3.8, 4) is 0 Å². The van der Waals surface area contributed by atoms with Crippen LogP contribution in [0, 0.1) is 0 Å². The second kappa shape index (κ2) is 6.35. The van der Waals surface area contributed by atoms with Gasteiger partial charge in [-0.05, 0) is 18.4 Å². The van der Waals surface area contributed by atoms with Crippen LogP contribution in [0.2, 0.25) is 0 Å². The minimum absolute atomic E-state index is 0.0713. The lowest BCUT2D eigenvalue weighted by molar-refractivity contribution is -0.209. The van der Waals surface area contributed by atoms with Gasteiger partial charge in [-0.1, -0.05) is 30.3 Å². The van der Waals surface area contributed by atoms with Crippen LogP contribution in [-0.4, -0.2) is 37.7 Å². The molecule has 108 valence electrons. The van der Waals surface area contributed by atoms with Crippen LogP contribution in [0.25, 0.3) is 0 Å². The summed E-state index contributed by atoms with van der Waals surface area (Å²) in [6.45, 7) is 1.09. The summed E-state index contributed by atoms with van der Waals surface area (Å²) < 4.78 is 21.7. The summed E-state index contributed by atoms with van der Waals surface area (Å²) in [6.07, 6.45) is 0.468. The molecule has 1 aromatic rings. The summed E-state index contributed by atoms with van der Waals surface area (Å²) in [4.78, 5) is 12.0. The van der Waals surface area contributed by atoms with Crippen LogP contribution < -0.4 is 0 Å². The maximum Gasteiger partial charge on any atom is 0.335 e. The van der Waals surface area contributed by atoms with Gasteiger partial charge in [-0.3, -0.25) is 0 Å². The molecule has 2 saturated heterocycles. The molecule has 20 heavy (non-hydrogen) atoms. The number of benzene rings is 1. The summed E-state index contributed by atoms with van der Waals surface area (Å²) in [5, 5.41) is 0. The van der Waals surface area contributed by atoms with Gasteiger partial charge in [-0.2, -0.15) is 0 Å². The smallest absolute Gasteiger partial charge is 0.335 e. The molecule has 0 aliphatic carbocycles. The van der Waals surface area contributed by atoms with Crippen LogP contribution in [0.5, 0.6) is 0 Å². The highest BCUT2D eigenvalue weighted by Gasteiger charge is 2.37. The van der Waals surface area contributed by atoms with E-state index in [1.165, 1.54) is 0 Å². The van der Waals surface area contributed by atoms with Crippen LogP contribution >= 0.6 is 0 Å². The lowest BCUT2D eigenvalue weighted by Gasteiger charge is -2.28. The third-order valence-corrected chi connectivity index (χ3v) is 3.60. The highest BCUT2D eigenvalue weighted by atomic mass is 16.7. The van der Waals surface area contributed by atoms with E-state index in [1.807, 2.05) is 30.3 Å². The summed E-state index contributed by atoms with van der Waals surface area (Å²) in [6, 6.07) is 9.79. The van der Waals surface area contributed by atoms with E-state index in [2.05, 4.69) is 0 Å². The topological polar surface area (TPSA) is 54.0 Å². The Morgan fingerprint density at radius 1 is 1.15 bits per heavy atom. The molecule has 0 aromatic heterocycles. The molecular formula is C15H18O5. The van der Waals surface area contributed by atoms with Crippen molar-refractivity contribution in [1.82, 2.24) is 0 Å². The van der Waals surface area contributed by atoms with Crippen LogP contribution in [-0.2, 0) is 30.3 Å². The van der Waals surface area contributed by atoms with E-state index in [4.69, 9.17) is 18.9 Å². The van der Waals surface area contributed by atoms with Crippen molar-refractivity contribution in [2.45, 2.75) is 37.8 Å². The third-order valence-electron chi connectivity index (χ3n) is 3.60. The predicted octanol–water partition coefficient (Wildman–Crippen LogP) is 1.65. The van der Waals surface area contributed by atoms with Gasteiger partial charge in [0.1, 0.15) is 6.79 Å². The molecule has 0 saturated carbocycles. The Hall–Kier alpha value is -1.43. The van der Waals surface area contributed by atoms with E-state index >= 15 is 0 Å². The Balaban J connectivity index is 1.58. The fourth-order valence-electron chi connectivity index (χ4n) is 2.47. The van der Waals surface area contributed by atoms with Crippen molar-refractivity contribution in [3.63, 3.8) is 0 Å². The molecule has 2 heterocycles. The SMILES string of the molecule is O=C1O[C@@H]2COCO[C@H]2CC[C@@H]1OCc1ccccc1. The van der Waals surface area contributed by atoms with Gasteiger partial charge in [-0.15, -0.1) is 0 Å². The zero-order valence-corrected chi connectivity index (χ0v) is 11.2. The van der Waals surface area contributed by atoms with Crippen LogP contribution in [0.4, 0.5) is 0 Å². The molecule has 0 N–H and O–H groups in total. The van der Waals surface area contributed by atoms with Crippen molar-refractivity contribution in [3.05, 3.63) is 35.9 Å². The average Bonchev–Trinajstić information content (AvgIpc) is 2.65. The zero-order valence-electron chi connectivity index (χ0n) is 11.2. The maximum absolute atomic E-state index is 12.0. The van der Waals surface area contributed by atoms with Crippen LogP contribution in [0.15, 0.2) is 30.3 Å². The van der Waals surface area contributed by atoms with Gasteiger partial charge >= 0.3 is 5.97 Å². The van der Waals surface area contributed by atoms with Crippen LogP contribution in [0.3, 0.4) is 0 Å². The zero-order chi connectivity index (χ0) is 13.8. The maximum atomic E-state index is 12.0. The average molecular weight is 278 g/mol. The second-order valence-corrected chi connectivity index (χ2v) is 5.03. The molecular weight excluding hydrogens is 260 g/mol. The normalized spacial score (nSPS) is 30.2. The van der Waals surface area contributed by atoms with E-state index in [1.54, 1.807) is 0 Å². The second-order valence-electron chi connectivity index (χ2n) is 5.03. The van der Waals surface area contributed by atoms with Crippen molar-refractivity contribution >= 4 is 5.97 Å². The lowest BCUT2D eigenvalue weighted by atomic mass is 10.1. The monoisotopic (exact) mass is 278 g/mol. The first-order valence-electron chi connectivity index (χ1n) is 6.88. The van der Waals surface area contributed by atoms with Crippen molar-refractivity contribution in [2.24, 2.45) is 0 Å². The molecule has 3 atom stereocenters. The summed E-state index contributed by atoms with van der Waals surface area (Å²) >= 11 is 0. The number of rotatable bonds is 3. The first kappa shape index (κ1) is 13.5. The Morgan fingerprint density at radius 2 is 2.00 bits per heavy atom. The fourth-order valence-corrected chi connectivity index (χ4v) is 2.47. The third kappa shape index (κ3) is 3.17. The van der Waals surface area contributed by atoms with E-state index in [0.29, 0.717) is 19.6 Å². The molecule has 2 fully saturated rings. The van der Waals surface area contributed by atoms with Gasteiger partial charge in [-0.25, -0.2) is 4.79 Å². The van der Waals surface area contributed by atoms with Gasteiger partial charge in [0.15, 0.2) is 12.2 Å². The minimum atomic E-state index is -0.524. The summed E-state index contributed by atoms with van der Waals surface area (Å²) in [5.41, 5.74) is 1.04. The van der Waals surface area contributed by atoms with Gasteiger partial charge in [0.25, 0.3) is 0 Å². The number of ether oxygens (including phenoxy) is 4. The molecule has 5 heteroatoms. The van der Waals surface area contributed by atoms with Crippen LogP contribution in [0.1, 0.15) is 18.4 Å². The molecule has 0 unspecified atom stereocenters. The van der Waals surface area contributed by atoms with E-state index in [0.717, 1.165) is 12.0 Å². The molecule has 0 amide bonds. The quantitative estimate of drug-likeness (QED) is 0.787. The number of hydrogen-bond acceptors (Lipinski definition) is 5.